The van der Waals surface area contributed by atoms with Crippen molar-refractivity contribution in [2.24, 2.45) is 5.73 Å². The molecule has 0 bridgehead atoms. The maximum Gasteiger partial charge on any atom is 0.274 e. The number of hydrogen-bond acceptors (Lipinski definition) is 4. The number of nitrogens with two attached hydrogens (primary N) is 1. The van der Waals surface area contributed by atoms with Gasteiger partial charge in [0.1, 0.15) is 0 Å². The zero-order chi connectivity index (χ0) is 16.1. The zero-order valence-electron chi connectivity index (χ0n) is 12.0. The zero-order valence-corrected chi connectivity index (χ0v) is 12.0. The lowest BCUT2D eigenvalue weighted by molar-refractivity contribution is -0.117. The monoisotopic (exact) mass is 299 g/mol. The number of carbonyl (C=O) groups is 2. The molecule has 0 fully saturated rings. The molecule has 0 spiro atoms. The van der Waals surface area contributed by atoms with Gasteiger partial charge in [-0.3, -0.25) is 14.8 Å². The lowest BCUT2D eigenvalue weighted by atomic mass is 10.0. The molecule has 0 heterocycles. The molecule has 0 radical (unpaired) electrons. The van der Waals surface area contributed by atoms with Gasteiger partial charge < -0.3 is 11.1 Å². The van der Waals surface area contributed by atoms with Gasteiger partial charge in [0.05, 0.1) is 6.04 Å². The van der Waals surface area contributed by atoms with E-state index in [1.807, 2.05) is 12.1 Å². The third kappa shape index (κ3) is 3.69. The van der Waals surface area contributed by atoms with Gasteiger partial charge in [0.25, 0.3) is 5.91 Å². The molecular formula is C16H17N3O3. The number of rotatable bonds is 4. The quantitative estimate of drug-likeness (QED) is 0.510. The van der Waals surface area contributed by atoms with E-state index in [0.717, 1.165) is 11.1 Å². The van der Waals surface area contributed by atoms with E-state index >= 15 is 0 Å². The number of anilines is 1. The van der Waals surface area contributed by atoms with E-state index in [9.17, 15) is 9.59 Å². The Morgan fingerprint density at radius 1 is 1.00 bits per heavy atom. The van der Waals surface area contributed by atoms with Gasteiger partial charge in [-0.25, -0.2) is 5.48 Å². The largest absolute Gasteiger partial charge is 0.325 e. The Morgan fingerprint density at radius 2 is 1.50 bits per heavy atom. The first-order chi connectivity index (χ1) is 10.5. The summed E-state index contributed by atoms with van der Waals surface area (Å²) in [5, 5.41) is 11.3. The molecule has 0 aliphatic carbocycles. The molecule has 114 valence electrons. The lowest BCUT2D eigenvalue weighted by Gasteiger charge is -2.09. The number of hydrogen-bond donors (Lipinski definition) is 4. The molecule has 6 nitrogen and oxygen atoms in total. The lowest BCUT2D eigenvalue weighted by Crippen LogP contribution is -2.32. The highest BCUT2D eigenvalue weighted by molar-refractivity contribution is 5.95. The minimum absolute atomic E-state index is 0.243. The molecule has 0 unspecified atom stereocenters. The van der Waals surface area contributed by atoms with Crippen LogP contribution < -0.4 is 16.5 Å². The molecule has 6 heteroatoms. The Balaban J connectivity index is 2.13. The van der Waals surface area contributed by atoms with Crippen LogP contribution >= 0.6 is 0 Å². The van der Waals surface area contributed by atoms with Crippen molar-refractivity contribution >= 4 is 17.5 Å². The standard InChI is InChI=1S/C16H17N3O3/c1-10(17)15(20)18-14-8-6-12(7-9-14)11-2-4-13(5-3-11)16(21)19-22/h2-10,22H,17H2,1H3,(H,18,20)(H,19,21)/t10-/m0/s1. The molecule has 2 aromatic carbocycles. The summed E-state index contributed by atoms with van der Waals surface area (Å²) in [6.45, 7) is 1.62. The maximum atomic E-state index is 11.5. The van der Waals surface area contributed by atoms with Crippen molar-refractivity contribution in [2.75, 3.05) is 5.32 Å². The maximum absolute atomic E-state index is 11.5. The van der Waals surface area contributed by atoms with Crippen molar-refractivity contribution in [1.82, 2.24) is 5.48 Å². The molecule has 0 aromatic heterocycles. The van der Waals surface area contributed by atoms with Gasteiger partial charge >= 0.3 is 0 Å². The van der Waals surface area contributed by atoms with Gasteiger partial charge in [0.2, 0.25) is 5.91 Å². The molecule has 0 saturated carbocycles. The van der Waals surface area contributed by atoms with Crippen LogP contribution in [0.3, 0.4) is 0 Å². The Morgan fingerprint density at radius 3 is 1.95 bits per heavy atom. The fourth-order valence-electron chi connectivity index (χ4n) is 1.88. The molecular weight excluding hydrogens is 282 g/mol. The van der Waals surface area contributed by atoms with Crippen molar-refractivity contribution < 1.29 is 14.8 Å². The molecule has 2 amide bonds. The van der Waals surface area contributed by atoms with E-state index in [4.69, 9.17) is 10.9 Å². The van der Waals surface area contributed by atoms with Crippen molar-refractivity contribution in [3.8, 4) is 11.1 Å². The van der Waals surface area contributed by atoms with Gasteiger partial charge in [-0.2, -0.15) is 0 Å². The summed E-state index contributed by atoms with van der Waals surface area (Å²) in [6, 6.07) is 13.5. The number of amides is 2. The van der Waals surface area contributed by atoms with Crippen LogP contribution in [0.1, 0.15) is 17.3 Å². The second kappa shape index (κ2) is 6.84. The van der Waals surface area contributed by atoms with E-state index < -0.39 is 11.9 Å². The van der Waals surface area contributed by atoms with Crippen molar-refractivity contribution in [2.45, 2.75) is 13.0 Å². The second-order valence-electron chi connectivity index (χ2n) is 4.87. The number of carbonyl (C=O) groups excluding carboxylic acids is 2. The first-order valence-electron chi connectivity index (χ1n) is 6.72. The van der Waals surface area contributed by atoms with Crippen molar-refractivity contribution in [1.29, 1.82) is 0 Å². The molecule has 2 aromatic rings. The highest BCUT2D eigenvalue weighted by Crippen LogP contribution is 2.22. The number of nitrogens with one attached hydrogen (secondary N) is 2. The van der Waals surface area contributed by atoms with E-state index in [1.54, 1.807) is 48.8 Å². The predicted octanol–water partition coefficient (Wildman–Crippen LogP) is 1.76. The minimum atomic E-state index is -0.565. The van der Waals surface area contributed by atoms with Gasteiger partial charge in [-0.1, -0.05) is 24.3 Å². The highest BCUT2D eigenvalue weighted by atomic mass is 16.5. The van der Waals surface area contributed by atoms with Crippen LogP contribution in [0.2, 0.25) is 0 Å². The van der Waals surface area contributed by atoms with Gasteiger partial charge in [-0.15, -0.1) is 0 Å². The smallest absolute Gasteiger partial charge is 0.274 e. The molecule has 1 atom stereocenters. The topological polar surface area (TPSA) is 104 Å². The van der Waals surface area contributed by atoms with Crippen LogP contribution in [-0.2, 0) is 4.79 Å². The Labute approximate surface area is 127 Å². The van der Waals surface area contributed by atoms with Crippen LogP contribution in [-0.4, -0.2) is 23.1 Å². The van der Waals surface area contributed by atoms with Crippen LogP contribution in [0, 0.1) is 0 Å². The van der Waals surface area contributed by atoms with Gasteiger partial charge in [0.15, 0.2) is 0 Å². The minimum Gasteiger partial charge on any atom is -0.325 e. The summed E-state index contributed by atoms with van der Waals surface area (Å²) < 4.78 is 0. The van der Waals surface area contributed by atoms with Crippen molar-refractivity contribution in [3.63, 3.8) is 0 Å². The fourth-order valence-corrected chi connectivity index (χ4v) is 1.88. The summed E-state index contributed by atoms with van der Waals surface area (Å²) in [5.41, 5.74) is 9.97. The van der Waals surface area contributed by atoms with Crippen molar-refractivity contribution in [3.05, 3.63) is 54.1 Å². The number of benzene rings is 2. The number of hydroxylamine groups is 1. The van der Waals surface area contributed by atoms with E-state index in [-0.39, 0.29) is 5.91 Å². The van der Waals surface area contributed by atoms with Crippen LogP contribution in [0.15, 0.2) is 48.5 Å². The van der Waals surface area contributed by atoms with Gasteiger partial charge in [-0.05, 0) is 42.3 Å². The Kier molecular flexibility index (Phi) is 4.88. The van der Waals surface area contributed by atoms with Crippen LogP contribution in [0.5, 0.6) is 0 Å². The first-order valence-corrected chi connectivity index (χ1v) is 6.72. The van der Waals surface area contributed by atoms with Gasteiger partial charge in [0, 0.05) is 11.3 Å². The van der Waals surface area contributed by atoms with E-state index in [2.05, 4.69) is 5.32 Å². The summed E-state index contributed by atoms with van der Waals surface area (Å²) in [4.78, 5) is 22.8. The normalized spacial score (nSPS) is 11.6. The predicted molar refractivity (Wildman–Crippen MR) is 83.4 cm³/mol. The summed E-state index contributed by atoms with van der Waals surface area (Å²) >= 11 is 0. The average molecular weight is 299 g/mol. The second-order valence-corrected chi connectivity index (χ2v) is 4.87. The molecule has 0 aliphatic rings. The molecule has 2 rings (SSSR count). The third-order valence-electron chi connectivity index (χ3n) is 3.15. The Bertz CT molecular complexity index is 664. The van der Waals surface area contributed by atoms with E-state index in [1.165, 1.54) is 0 Å². The summed E-state index contributed by atoms with van der Waals surface area (Å²) in [5.74, 6) is -0.798. The fraction of sp³-hybridized carbons (Fsp3) is 0.125. The average Bonchev–Trinajstić information content (AvgIpc) is 2.55. The summed E-state index contributed by atoms with van der Waals surface area (Å²) in [7, 11) is 0. The molecule has 0 saturated heterocycles. The SMILES string of the molecule is C[C@H](N)C(=O)Nc1ccc(-c2ccc(C(=O)NO)cc2)cc1. The third-order valence-corrected chi connectivity index (χ3v) is 3.15. The van der Waals surface area contributed by atoms with E-state index in [0.29, 0.717) is 11.3 Å². The Hall–Kier alpha value is -2.70. The molecule has 0 aliphatic heterocycles. The highest BCUT2D eigenvalue weighted by Gasteiger charge is 2.08. The van der Waals surface area contributed by atoms with Crippen LogP contribution in [0.4, 0.5) is 5.69 Å². The van der Waals surface area contributed by atoms with Crippen LogP contribution in [0.25, 0.3) is 11.1 Å². The molecule has 22 heavy (non-hydrogen) atoms. The summed E-state index contributed by atoms with van der Waals surface area (Å²) in [6.07, 6.45) is 0. The molecule has 5 N–H and O–H groups in total. The first kappa shape index (κ1) is 15.7.